The molecule has 1 aromatic heterocycles. The standard InChI is InChI=1S/C22H20N2OS/c1-15(22-23-19-12-5-6-13-20(19)26-22)24(2)21(25)14-17-10-7-9-16-8-3-4-11-18(16)17/h3-13,15H,14H2,1-2H3/t15-/m0/s1. The molecule has 0 N–H and O–H groups in total. The Labute approximate surface area is 156 Å². The van der Waals surface area contributed by atoms with Crippen molar-refractivity contribution < 1.29 is 4.79 Å². The Bertz CT molecular complexity index is 1050. The van der Waals surface area contributed by atoms with Crippen molar-refractivity contribution in [3.8, 4) is 0 Å². The van der Waals surface area contributed by atoms with Gasteiger partial charge >= 0.3 is 0 Å². The number of thiazole rings is 1. The molecule has 0 saturated carbocycles. The zero-order valence-corrected chi connectivity index (χ0v) is 15.7. The Morgan fingerprint density at radius 2 is 1.77 bits per heavy atom. The van der Waals surface area contributed by atoms with Crippen LogP contribution < -0.4 is 0 Å². The maximum atomic E-state index is 12.9. The minimum absolute atomic E-state index is 0.0464. The van der Waals surface area contributed by atoms with Crippen molar-refractivity contribution in [2.24, 2.45) is 0 Å². The topological polar surface area (TPSA) is 33.2 Å². The third kappa shape index (κ3) is 3.08. The lowest BCUT2D eigenvalue weighted by molar-refractivity contribution is -0.131. The van der Waals surface area contributed by atoms with Crippen LogP contribution in [-0.2, 0) is 11.2 Å². The molecule has 0 aliphatic heterocycles. The SMILES string of the molecule is C[C@@H](c1nc2ccccc2s1)N(C)C(=O)Cc1cccc2ccccc12. The molecule has 0 unspecified atom stereocenters. The molecule has 1 atom stereocenters. The summed E-state index contributed by atoms with van der Waals surface area (Å²) in [6.45, 7) is 2.04. The summed E-state index contributed by atoms with van der Waals surface area (Å²) in [6.07, 6.45) is 0.396. The summed E-state index contributed by atoms with van der Waals surface area (Å²) in [5.41, 5.74) is 2.06. The van der Waals surface area contributed by atoms with Crippen LogP contribution in [0.25, 0.3) is 21.0 Å². The number of hydrogen-bond donors (Lipinski definition) is 0. The summed E-state index contributed by atoms with van der Waals surface area (Å²) in [5.74, 6) is 0.105. The molecule has 1 amide bonds. The van der Waals surface area contributed by atoms with E-state index in [4.69, 9.17) is 4.98 Å². The Hall–Kier alpha value is -2.72. The molecule has 0 fully saturated rings. The van der Waals surface area contributed by atoms with Crippen LogP contribution in [-0.4, -0.2) is 22.8 Å². The lowest BCUT2D eigenvalue weighted by Gasteiger charge is -2.23. The van der Waals surface area contributed by atoms with Crippen LogP contribution in [0.1, 0.15) is 23.5 Å². The first-order valence-electron chi connectivity index (χ1n) is 8.71. The van der Waals surface area contributed by atoms with Gasteiger partial charge in [0.05, 0.1) is 22.7 Å². The summed E-state index contributed by atoms with van der Waals surface area (Å²) in [7, 11) is 1.87. The molecule has 0 bridgehead atoms. The van der Waals surface area contributed by atoms with Crippen molar-refractivity contribution in [2.45, 2.75) is 19.4 Å². The van der Waals surface area contributed by atoms with E-state index in [9.17, 15) is 4.79 Å². The maximum absolute atomic E-state index is 12.9. The number of benzene rings is 3. The Morgan fingerprint density at radius 3 is 2.62 bits per heavy atom. The molecule has 0 aliphatic carbocycles. The second kappa shape index (κ2) is 6.89. The molecule has 4 heteroatoms. The van der Waals surface area contributed by atoms with Crippen LogP contribution in [0.15, 0.2) is 66.7 Å². The molecular formula is C22H20N2OS. The average molecular weight is 360 g/mol. The fraction of sp³-hybridized carbons (Fsp3) is 0.182. The first-order valence-corrected chi connectivity index (χ1v) is 9.53. The number of nitrogens with zero attached hydrogens (tertiary/aromatic N) is 2. The van der Waals surface area contributed by atoms with Gasteiger partial charge in [-0.2, -0.15) is 0 Å². The largest absolute Gasteiger partial charge is 0.336 e. The zero-order valence-electron chi connectivity index (χ0n) is 14.8. The Kier molecular flexibility index (Phi) is 4.43. The van der Waals surface area contributed by atoms with Gasteiger partial charge < -0.3 is 4.90 Å². The van der Waals surface area contributed by atoms with Gasteiger partial charge in [-0.25, -0.2) is 4.98 Å². The van der Waals surface area contributed by atoms with Crippen LogP contribution in [0.4, 0.5) is 0 Å². The molecule has 4 aromatic rings. The van der Waals surface area contributed by atoms with Crippen molar-refractivity contribution in [3.05, 3.63) is 77.3 Å². The number of amides is 1. The summed E-state index contributed by atoms with van der Waals surface area (Å²) in [5, 5.41) is 3.28. The second-order valence-electron chi connectivity index (χ2n) is 6.52. The number of carbonyl (C=O) groups is 1. The molecule has 4 rings (SSSR count). The van der Waals surface area contributed by atoms with Crippen molar-refractivity contribution in [1.82, 2.24) is 9.88 Å². The van der Waals surface area contributed by atoms with E-state index in [2.05, 4.69) is 24.3 Å². The van der Waals surface area contributed by atoms with Crippen molar-refractivity contribution in [3.63, 3.8) is 0 Å². The zero-order chi connectivity index (χ0) is 18.1. The smallest absolute Gasteiger partial charge is 0.227 e. The van der Waals surface area contributed by atoms with Gasteiger partial charge in [0, 0.05) is 7.05 Å². The third-order valence-electron chi connectivity index (χ3n) is 4.86. The van der Waals surface area contributed by atoms with Gasteiger partial charge in [-0.1, -0.05) is 54.6 Å². The van der Waals surface area contributed by atoms with Crippen LogP contribution in [0.2, 0.25) is 0 Å². The van der Waals surface area contributed by atoms with Crippen LogP contribution in [0.3, 0.4) is 0 Å². The molecule has 0 radical (unpaired) electrons. The molecule has 3 aromatic carbocycles. The van der Waals surface area contributed by atoms with E-state index in [-0.39, 0.29) is 11.9 Å². The lowest BCUT2D eigenvalue weighted by atomic mass is 10.0. The summed E-state index contributed by atoms with van der Waals surface area (Å²) < 4.78 is 1.16. The van der Waals surface area contributed by atoms with Crippen LogP contribution in [0, 0.1) is 0 Å². The fourth-order valence-corrected chi connectivity index (χ4v) is 4.25. The highest BCUT2D eigenvalue weighted by Gasteiger charge is 2.21. The molecule has 0 aliphatic rings. The van der Waals surface area contributed by atoms with E-state index < -0.39 is 0 Å². The van der Waals surface area contributed by atoms with Gasteiger partial charge in [0.15, 0.2) is 0 Å². The normalized spacial score (nSPS) is 12.4. The highest BCUT2D eigenvalue weighted by molar-refractivity contribution is 7.18. The van der Waals surface area contributed by atoms with E-state index in [1.165, 1.54) is 5.39 Å². The predicted octanol–water partition coefficient (Wildman–Crippen LogP) is 5.21. The molecule has 130 valence electrons. The fourth-order valence-electron chi connectivity index (χ4n) is 3.18. The van der Waals surface area contributed by atoms with Gasteiger partial charge in [0.1, 0.15) is 5.01 Å². The summed E-state index contributed by atoms with van der Waals surface area (Å²) in [4.78, 5) is 19.4. The second-order valence-corrected chi connectivity index (χ2v) is 7.58. The lowest BCUT2D eigenvalue weighted by Crippen LogP contribution is -2.30. The predicted molar refractivity (Wildman–Crippen MR) is 108 cm³/mol. The van der Waals surface area contributed by atoms with Crippen molar-refractivity contribution in [1.29, 1.82) is 0 Å². The number of para-hydroxylation sites is 1. The Morgan fingerprint density at radius 1 is 1.04 bits per heavy atom. The van der Waals surface area contributed by atoms with E-state index >= 15 is 0 Å². The molecule has 0 spiro atoms. The van der Waals surface area contributed by atoms with E-state index in [0.29, 0.717) is 6.42 Å². The minimum atomic E-state index is -0.0464. The Balaban J connectivity index is 1.57. The number of hydrogen-bond acceptors (Lipinski definition) is 3. The molecule has 0 saturated heterocycles. The summed E-state index contributed by atoms with van der Waals surface area (Å²) in [6, 6.07) is 22.4. The number of rotatable bonds is 4. The highest BCUT2D eigenvalue weighted by atomic mass is 32.1. The average Bonchev–Trinajstić information content (AvgIpc) is 3.11. The summed E-state index contributed by atoms with van der Waals surface area (Å²) >= 11 is 1.65. The molecular weight excluding hydrogens is 340 g/mol. The quantitative estimate of drug-likeness (QED) is 0.500. The van der Waals surface area contributed by atoms with Gasteiger partial charge in [0.2, 0.25) is 5.91 Å². The maximum Gasteiger partial charge on any atom is 0.227 e. The molecule has 3 nitrogen and oxygen atoms in total. The van der Waals surface area contributed by atoms with Gasteiger partial charge in [-0.3, -0.25) is 4.79 Å². The molecule has 26 heavy (non-hydrogen) atoms. The first kappa shape index (κ1) is 16.7. The third-order valence-corrected chi connectivity index (χ3v) is 6.07. The van der Waals surface area contributed by atoms with Gasteiger partial charge in [0.25, 0.3) is 0 Å². The van der Waals surface area contributed by atoms with Crippen molar-refractivity contribution in [2.75, 3.05) is 7.05 Å². The van der Waals surface area contributed by atoms with Crippen molar-refractivity contribution >= 4 is 38.2 Å². The first-order chi connectivity index (χ1) is 12.6. The van der Waals surface area contributed by atoms with Crippen LogP contribution in [0.5, 0.6) is 0 Å². The number of aromatic nitrogens is 1. The van der Waals surface area contributed by atoms with Gasteiger partial charge in [-0.15, -0.1) is 11.3 Å². The number of likely N-dealkylation sites (N-methyl/N-ethyl adjacent to an activating group) is 1. The molecule has 1 heterocycles. The van der Waals surface area contributed by atoms with E-state index in [0.717, 1.165) is 26.2 Å². The monoisotopic (exact) mass is 360 g/mol. The minimum Gasteiger partial charge on any atom is -0.336 e. The number of fused-ring (bicyclic) bond motifs is 2. The van der Waals surface area contributed by atoms with Crippen LogP contribution >= 0.6 is 11.3 Å². The number of carbonyl (C=O) groups excluding carboxylic acids is 1. The van der Waals surface area contributed by atoms with E-state index in [1.807, 2.05) is 56.4 Å². The van der Waals surface area contributed by atoms with E-state index in [1.54, 1.807) is 16.2 Å². The highest BCUT2D eigenvalue weighted by Crippen LogP contribution is 2.29. The van der Waals surface area contributed by atoms with Gasteiger partial charge in [-0.05, 0) is 35.4 Å².